The van der Waals surface area contributed by atoms with E-state index in [9.17, 15) is 14.7 Å². The molecule has 1 aromatic heterocycles. The Morgan fingerprint density at radius 2 is 1.97 bits per heavy atom. The number of Topliss-reactive ketones (excluding diaryl/α,β-unsaturated/α-hetero) is 1. The first-order valence-electron chi connectivity index (χ1n) is 10.3. The molecule has 0 fully saturated rings. The molecule has 164 valence electrons. The first-order chi connectivity index (χ1) is 15.3. The molecule has 4 rings (SSSR count). The van der Waals surface area contributed by atoms with Gasteiger partial charge in [0.05, 0.1) is 17.8 Å². The van der Waals surface area contributed by atoms with Crippen molar-refractivity contribution in [1.29, 1.82) is 0 Å². The third kappa shape index (κ3) is 4.78. The minimum Gasteiger partial charge on any atom is -0.492 e. The van der Waals surface area contributed by atoms with Crippen LogP contribution < -0.4 is 14.8 Å². The van der Waals surface area contributed by atoms with Gasteiger partial charge in [-0.15, -0.1) is 0 Å². The highest BCUT2D eigenvalue weighted by atomic mass is 16.5. The molecule has 0 atom stereocenters. The molecule has 0 saturated heterocycles. The smallest absolute Gasteiger partial charge is 0.257 e. The van der Waals surface area contributed by atoms with Crippen molar-refractivity contribution in [2.24, 2.45) is 0 Å². The predicted octanol–water partition coefficient (Wildman–Crippen LogP) is 4.00. The topological polar surface area (TPSA) is 97.8 Å². The molecule has 0 bridgehead atoms. The molecule has 0 unspecified atom stereocenters. The van der Waals surface area contributed by atoms with Crippen LogP contribution in [0.1, 0.15) is 52.1 Å². The van der Waals surface area contributed by atoms with Crippen LogP contribution in [0.15, 0.2) is 60.8 Å². The van der Waals surface area contributed by atoms with Gasteiger partial charge in [-0.2, -0.15) is 0 Å². The van der Waals surface area contributed by atoms with E-state index in [1.165, 1.54) is 6.20 Å². The van der Waals surface area contributed by atoms with Crippen LogP contribution in [0.4, 0.5) is 0 Å². The van der Waals surface area contributed by atoms with Gasteiger partial charge < -0.3 is 19.9 Å². The van der Waals surface area contributed by atoms with E-state index < -0.39 is 5.60 Å². The van der Waals surface area contributed by atoms with Gasteiger partial charge in [0.25, 0.3) is 5.91 Å². The van der Waals surface area contributed by atoms with E-state index in [0.29, 0.717) is 36.6 Å². The zero-order valence-corrected chi connectivity index (χ0v) is 17.9. The lowest BCUT2D eigenvalue weighted by molar-refractivity contribution is 0.0785. The Labute approximate surface area is 186 Å². The molecule has 2 heterocycles. The Morgan fingerprint density at radius 3 is 2.72 bits per heavy atom. The van der Waals surface area contributed by atoms with E-state index in [4.69, 9.17) is 9.47 Å². The summed E-state index contributed by atoms with van der Waals surface area (Å²) in [5.74, 6) is 0.732. The Balaban J connectivity index is 1.47. The molecule has 0 spiro atoms. The number of carbonyl (C=O) groups excluding carboxylic acids is 2. The molecule has 2 aromatic carbocycles. The normalized spacial score (nSPS) is 13.2. The summed E-state index contributed by atoms with van der Waals surface area (Å²) in [5, 5.41) is 12.9. The summed E-state index contributed by atoms with van der Waals surface area (Å²) in [7, 11) is 0. The third-order valence-electron chi connectivity index (χ3n) is 5.18. The summed E-state index contributed by atoms with van der Waals surface area (Å²) >= 11 is 0. The molecule has 3 aromatic rings. The molecule has 2 N–H and O–H groups in total. The van der Waals surface area contributed by atoms with Gasteiger partial charge in [-0.1, -0.05) is 24.3 Å². The van der Waals surface area contributed by atoms with Crippen LogP contribution in [0.25, 0.3) is 0 Å². The average molecular weight is 432 g/mol. The number of ketones is 1. The monoisotopic (exact) mass is 432 g/mol. The minimum atomic E-state index is -0.919. The van der Waals surface area contributed by atoms with Crippen molar-refractivity contribution in [2.45, 2.75) is 32.4 Å². The fraction of sp³-hybridized carbons (Fsp3) is 0.240. The lowest BCUT2D eigenvalue weighted by Crippen LogP contribution is -2.23. The molecule has 1 aliphatic heterocycles. The minimum absolute atomic E-state index is 0.00806. The highest BCUT2D eigenvalue weighted by Crippen LogP contribution is 2.31. The van der Waals surface area contributed by atoms with Crippen molar-refractivity contribution in [3.05, 3.63) is 83.0 Å². The Hall–Kier alpha value is -3.71. The second-order valence-corrected chi connectivity index (χ2v) is 8.08. The maximum absolute atomic E-state index is 12.8. The Kier molecular flexibility index (Phi) is 5.92. The number of ether oxygens (including phenoxy) is 2. The Morgan fingerprint density at radius 1 is 1.19 bits per heavy atom. The quantitative estimate of drug-likeness (QED) is 0.611. The lowest BCUT2D eigenvalue weighted by Gasteiger charge is -2.18. The fourth-order valence-corrected chi connectivity index (χ4v) is 3.37. The van der Waals surface area contributed by atoms with E-state index in [0.717, 1.165) is 11.1 Å². The first kappa shape index (κ1) is 21.5. The van der Waals surface area contributed by atoms with Crippen LogP contribution in [0.3, 0.4) is 0 Å². The maximum atomic E-state index is 12.8. The van der Waals surface area contributed by atoms with Crippen LogP contribution in [-0.4, -0.2) is 28.4 Å². The van der Waals surface area contributed by atoms with Crippen molar-refractivity contribution in [2.75, 3.05) is 6.61 Å². The highest BCUT2D eigenvalue weighted by Gasteiger charge is 2.21. The second kappa shape index (κ2) is 8.80. The molecule has 0 saturated carbocycles. The van der Waals surface area contributed by atoms with Crippen molar-refractivity contribution < 1.29 is 24.2 Å². The number of hydrogen-bond acceptors (Lipinski definition) is 6. The first-order valence-corrected chi connectivity index (χ1v) is 10.3. The van der Waals surface area contributed by atoms with Crippen molar-refractivity contribution in [3.63, 3.8) is 0 Å². The number of nitrogens with one attached hydrogen (secondary N) is 1. The summed E-state index contributed by atoms with van der Waals surface area (Å²) in [6.07, 6.45) is 1.86. The third-order valence-corrected chi connectivity index (χ3v) is 5.18. The SMILES string of the molecule is CC(C)(O)c1ccc(CNC(=O)c2cccnc2Oc2ccc3c(c2)C(=O)CCO3)cc1. The predicted molar refractivity (Wildman–Crippen MR) is 118 cm³/mol. The number of amides is 1. The van der Waals surface area contributed by atoms with Crippen LogP contribution in [0.5, 0.6) is 17.4 Å². The van der Waals surface area contributed by atoms with E-state index in [2.05, 4.69) is 10.3 Å². The summed E-state index contributed by atoms with van der Waals surface area (Å²) in [5.41, 5.74) is 1.51. The zero-order chi connectivity index (χ0) is 22.7. The molecular formula is C25H24N2O5. The number of carbonyl (C=O) groups is 2. The van der Waals surface area contributed by atoms with Gasteiger partial charge in [0, 0.05) is 19.2 Å². The van der Waals surface area contributed by atoms with E-state index in [1.807, 2.05) is 24.3 Å². The van der Waals surface area contributed by atoms with Crippen LogP contribution in [-0.2, 0) is 12.1 Å². The number of nitrogens with zero attached hydrogens (tertiary/aromatic N) is 1. The van der Waals surface area contributed by atoms with Gasteiger partial charge in [-0.05, 0) is 55.3 Å². The average Bonchev–Trinajstić information content (AvgIpc) is 2.78. The summed E-state index contributed by atoms with van der Waals surface area (Å²) in [6.45, 7) is 4.12. The Bertz CT molecular complexity index is 1150. The van der Waals surface area contributed by atoms with Crippen molar-refractivity contribution >= 4 is 11.7 Å². The summed E-state index contributed by atoms with van der Waals surface area (Å²) in [6, 6.07) is 15.6. The van der Waals surface area contributed by atoms with Gasteiger partial charge in [-0.3, -0.25) is 9.59 Å². The van der Waals surface area contributed by atoms with Gasteiger partial charge in [0.1, 0.15) is 17.1 Å². The van der Waals surface area contributed by atoms with E-state index >= 15 is 0 Å². The number of rotatable bonds is 6. The number of pyridine rings is 1. The van der Waals surface area contributed by atoms with Crippen molar-refractivity contribution in [1.82, 2.24) is 10.3 Å². The maximum Gasteiger partial charge on any atom is 0.257 e. The van der Waals surface area contributed by atoms with E-state index in [-0.39, 0.29) is 23.1 Å². The molecule has 1 aliphatic rings. The number of aromatic nitrogens is 1. The van der Waals surface area contributed by atoms with Gasteiger partial charge in [0.2, 0.25) is 5.88 Å². The summed E-state index contributed by atoms with van der Waals surface area (Å²) in [4.78, 5) is 29.1. The number of aliphatic hydroxyl groups is 1. The molecule has 0 aliphatic carbocycles. The lowest BCUT2D eigenvalue weighted by atomic mass is 9.97. The molecule has 7 nitrogen and oxygen atoms in total. The number of hydrogen-bond donors (Lipinski definition) is 2. The van der Waals surface area contributed by atoms with Crippen LogP contribution in [0, 0.1) is 0 Å². The molecule has 1 amide bonds. The van der Waals surface area contributed by atoms with E-state index in [1.54, 1.807) is 44.2 Å². The zero-order valence-electron chi connectivity index (χ0n) is 17.9. The molecular weight excluding hydrogens is 408 g/mol. The van der Waals surface area contributed by atoms with Crippen molar-refractivity contribution in [3.8, 4) is 17.4 Å². The van der Waals surface area contributed by atoms with Gasteiger partial charge in [-0.25, -0.2) is 4.98 Å². The fourth-order valence-electron chi connectivity index (χ4n) is 3.37. The number of fused-ring (bicyclic) bond motifs is 1. The van der Waals surface area contributed by atoms with Crippen LogP contribution >= 0.6 is 0 Å². The highest BCUT2D eigenvalue weighted by molar-refractivity contribution is 6.00. The second-order valence-electron chi connectivity index (χ2n) is 8.08. The van der Waals surface area contributed by atoms with Gasteiger partial charge >= 0.3 is 0 Å². The number of benzene rings is 2. The van der Waals surface area contributed by atoms with Crippen LogP contribution in [0.2, 0.25) is 0 Å². The van der Waals surface area contributed by atoms with Gasteiger partial charge in [0.15, 0.2) is 5.78 Å². The summed E-state index contributed by atoms with van der Waals surface area (Å²) < 4.78 is 11.3. The molecule has 0 radical (unpaired) electrons. The largest absolute Gasteiger partial charge is 0.492 e. The molecule has 7 heteroatoms. The molecule has 32 heavy (non-hydrogen) atoms. The standard InChI is InChI=1S/C25H24N2O5/c1-25(2,30)17-7-5-16(6-8-17)15-27-23(29)19-4-3-12-26-24(19)32-18-9-10-22-20(14-18)21(28)11-13-31-22/h3-10,12,14,30H,11,13,15H2,1-2H3,(H,27,29).